The molecule has 0 saturated carbocycles. The summed E-state index contributed by atoms with van der Waals surface area (Å²) in [6, 6.07) is 6.56. The molecule has 1 aromatic rings. The first-order valence-corrected chi connectivity index (χ1v) is 10.8. The molecule has 2 aliphatic heterocycles. The number of anilines is 1. The summed E-state index contributed by atoms with van der Waals surface area (Å²) in [5.74, 6) is -0.664. The molecule has 0 bridgehead atoms. The Labute approximate surface area is 170 Å². The Bertz CT molecular complexity index is 825. The van der Waals surface area contributed by atoms with Crippen LogP contribution < -0.4 is 15.5 Å². The van der Waals surface area contributed by atoms with Crippen LogP contribution in [0.4, 0.5) is 5.69 Å². The van der Waals surface area contributed by atoms with Gasteiger partial charge in [0.2, 0.25) is 11.8 Å². The van der Waals surface area contributed by atoms with Crippen LogP contribution in [-0.2, 0) is 19.4 Å². The van der Waals surface area contributed by atoms with Crippen LogP contribution in [-0.4, -0.2) is 56.9 Å². The number of nitrogens with one attached hydrogen (secondary N) is 2. The van der Waals surface area contributed by atoms with Gasteiger partial charge in [0.05, 0.1) is 16.8 Å². The van der Waals surface area contributed by atoms with Crippen molar-refractivity contribution in [3.63, 3.8) is 0 Å². The van der Waals surface area contributed by atoms with Crippen molar-refractivity contribution in [3.05, 3.63) is 29.3 Å². The van der Waals surface area contributed by atoms with E-state index in [2.05, 4.69) is 10.6 Å². The third-order valence-corrected chi connectivity index (χ3v) is 7.47. The summed E-state index contributed by atoms with van der Waals surface area (Å²) in [7, 11) is -3.59. The van der Waals surface area contributed by atoms with Crippen molar-refractivity contribution < 1.29 is 18.0 Å². The topological polar surface area (TPSA) is 95.6 Å². The summed E-state index contributed by atoms with van der Waals surface area (Å²) in [6.07, 6.45) is 1.68. The molecule has 10 heteroatoms. The summed E-state index contributed by atoms with van der Waals surface area (Å²) >= 11 is 6.16. The zero-order chi connectivity index (χ0) is 18.9. The van der Waals surface area contributed by atoms with E-state index in [4.69, 9.17) is 11.6 Å². The number of halogens is 2. The van der Waals surface area contributed by atoms with Crippen molar-refractivity contribution in [3.8, 4) is 0 Å². The maximum atomic E-state index is 12.9. The van der Waals surface area contributed by atoms with Gasteiger partial charge in [-0.1, -0.05) is 23.7 Å². The smallest absolute Gasteiger partial charge is 0.241 e. The minimum atomic E-state index is -3.59. The van der Waals surface area contributed by atoms with Gasteiger partial charge in [0, 0.05) is 19.2 Å². The van der Waals surface area contributed by atoms with E-state index in [1.807, 2.05) is 0 Å². The van der Waals surface area contributed by atoms with Gasteiger partial charge in [-0.15, -0.1) is 12.4 Å². The molecule has 1 atom stereocenters. The molecule has 0 radical (unpaired) electrons. The lowest BCUT2D eigenvalue weighted by Gasteiger charge is -2.35. The SMILES string of the molecule is CS(=O)(=O)C1(C(=O)NC2CC(=O)N(c3ccccc3Cl)C2)CCNCC1.Cl. The van der Waals surface area contributed by atoms with Gasteiger partial charge < -0.3 is 15.5 Å². The first kappa shape index (κ1) is 21.9. The second-order valence-corrected chi connectivity index (χ2v) is 9.58. The van der Waals surface area contributed by atoms with Gasteiger partial charge in [0.25, 0.3) is 0 Å². The molecule has 27 heavy (non-hydrogen) atoms. The number of carbonyl (C=O) groups excluding carboxylic acids is 2. The van der Waals surface area contributed by atoms with Crippen LogP contribution in [0.25, 0.3) is 0 Å². The lowest BCUT2D eigenvalue weighted by atomic mass is 9.95. The molecule has 1 unspecified atom stereocenters. The van der Waals surface area contributed by atoms with Gasteiger partial charge in [0.1, 0.15) is 0 Å². The third kappa shape index (κ3) is 4.23. The monoisotopic (exact) mass is 435 g/mol. The van der Waals surface area contributed by atoms with Gasteiger partial charge in [-0.3, -0.25) is 9.59 Å². The molecule has 0 aromatic heterocycles. The Balaban J connectivity index is 0.00000261. The number of piperidine rings is 1. The Morgan fingerprint density at radius 3 is 2.52 bits per heavy atom. The van der Waals surface area contributed by atoms with Crippen LogP contribution in [0.2, 0.25) is 5.02 Å². The summed E-state index contributed by atoms with van der Waals surface area (Å²) in [4.78, 5) is 26.8. The van der Waals surface area contributed by atoms with Crippen LogP contribution in [0.3, 0.4) is 0 Å². The number of hydrogen-bond acceptors (Lipinski definition) is 5. The third-order valence-electron chi connectivity index (χ3n) is 5.14. The van der Waals surface area contributed by atoms with Crippen molar-refractivity contribution in [1.82, 2.24) is 10.6 Å². The van der Waals surface area contributed by atoms with E-state index in [-0.39, 0.29) is 44.1 Å². The average molecular weight is 436 g/mol. The number of sulfone groups is 1. The number of amides is 2. The fourth-order valence-corrected chi connectivity index (χ4v) is 5.20. The van der Waals surface area contributed by atoms with E-state index in [0.717, 1.165) is 6.26 Å². The van der Waals surface area contributed by atoms with Crippen molar-refractivity contribution >= 4 is 51.3 Å². The highest BCUT2D eigenvalue weighted by molar-refractivity contribution is 7.92. The normalized spacial score (nSPS) is 22.2. The fourth-order valence-electron chi connectivity index (χ4n) is 3.62. The molecule has 0 aliphatic carbocycles. The van der Waals surface area contributed by atoms with Crippen LogP contribution in [0.5, 0.6) is 0 Å². The minimum absolute atomic E-state index is 0. The van der Waals surface area contributed by atoms with E-state index in [1.54, 1.807) is 24.3 Å². The zero-order valence-electron chi connectivity index (χ0n) is 14.9. The van der Waals surface area contributed by atoms with Gasteiger partial charge in [-0.05, 0) is 38.1 Å². The van der Waals surface area contributed by atoms with Gasteiger partial charge >= 0.3 is 0 Å². The van der Waals surface area contributed by atoms with Crippen molar-refractivity contribution in [1.29, 1.82) is 0 Å². The largest absolute Gasteiger partial charge is 0.350 e. The summed E-state index contributed by atoms with van der Waals surface area (Å²) in [5.41, 5.74) is 0.593. The van der Waals surface area contributed by atoms with E-state index in [1.165, 1.54) is 4.90 Å². The average Bonchev–Trinajstić information content (AvgIpc) is 2.95. The summed E-state index contributed by atoms with van der Waals surface area (Å²) < 4.78 is 23.2. The molecule has 1 aromatic carbocycles. The first-order chi connectivity index (χ1) is 12.2. The maximum absolute atomic E-state index is 12.9. The van der Waals surface area contributed by atoms with Crippen LogP contribution in [0.1, 0.15) is 19.3 Å². The maximum Gasteiger partial charge on any atom is 0.241 e. The molecule has 2 saturated heterocycles. The Morgan fingerprint density at radius 2 is 1.93 bits per heavy atom. The molecular formula is C17H23Cl2N3O4S. The molecule has 150 valence electrons. The number of hydrogen-bond donors (Lipinski definition) is 2. The standard InChI is InChI=1S/C17H22ClN3O4S.ClH/c1-26(24,25)17(6-8-19-9-7-17)16(23)20-12-10-15(22)21(11-12)14-5-3-2-4-13(14)18;/h2-5,12,19H,6-11H2,1H3,(H,20,23);1H. The highest BCUT2D eigenvalue weighted by Gasteiger charge is 2.49. The van der Waals surface area contributed by atoms with E-state index in [0.29, 0.717) is 23.8 Å². The summed E-state index contributed by atoms with van der Waals surface area (Å²) in [6.45, 7) is 1.21. The Morgan fingerprint density at radius 1 is 1.30 bits per heavy atom. The second kappa shape index (κ2) is 8.34. The molecule has 2 amide bonds. The van der Waals surface area contributed by atoms with Crippen molar-refractivity contribution in [2.24, 2.45) is 0 Å². The molecule has 2 aliphatic rings. The van der Waals surface area contributed by atoms with E-state index in [9.17, 15) is 18.0 Å². The highest BCUT2D eigenvalue weighted by atomic mass is 35.5. The fraction of sp³-hybridized carbons (Fsp3) is 0.529. The number of carbonyl (C=O) groups is 2. The molecule has 7 nitrogen and oxygen atoms in total. The van der Waals surface area contributed by atoms with E-state index >= 15 is 0 Å². The molecule has 2 heterocycles. The number of benzene rings is 1. The van der Waals surface area contributed by atoms with Gasteiger partial charge in [-0.2, -0.15) is 0 Å². The minimum Gasteiger partial charge on any atom is -0.350 e. The zero-order valence-corrected chi connectivity index (χ0v) is 17.3. The van der Waals surface area contributed by atoms with Crippen molar-refractivity contribution in [2.75, 3.05) is 30.8 Å². The quantitative estimate of drug-likeness (QED) is 0.739. The molecule has 2 N–H and O–H groups in total. The number of rotatable bonds is 4. The Hall–Kier alpha value is -1.35. The van der Waals surface area contributed by atoms with E-state index < -0.39 is 26.5 Å². The first-order valence-electron chi connectivity index (χ1n) is 8.51. The predicted molar refractivity (Wildman–Crippen MR) is 107 cm³/mol. The second-order valence-electron chi connectivity index (χ2n) is 6.85. The highest BCUT2D eigenvalue weighted by Crippen LogP contribution is 2.31. The van der Waals surface area contributed by atoms with Crippen LogP contribution in [0.15, 0.2) is 24.3 Å². The number of nitrogens with zero attached hydrogens (tertiary/aromatic N) is 1. The molecule has 3 rings (SSSR count). The lowest BCUT2D eigenvalue weighted by Crippen LogP contribution is -2.59. The number of para-hydroxylation sites is 1. The molecule has 0 spiro atoms. The van der Waals surface area contributed by atoms with Crippen LogP contribution in [0, 0.1) is 0 Å². The van der Waals surface area contributed by atoms with Gasteiger partial charge in [-0.25, -0.2) is 8.42 Å². The van der Waals surface area contributed by atoms with Crippen LogP contribution >= 0.6 is 24.0 Å². The van der Waals surface area contributed by atoms with Gasteiger partial charge in [0.15, 0.2) is 14.6 Å². The Kier molecular flexibility index (Phi) is 6.78. The lowest BCUT2D eigenvalue weighted by molar-refractivity contribution is -0.125. The van der Waals surface area contributed by atoms with Crippen molar-refractivity contribution in [2.45, 2.75) is 30.1 Å². The predicted octanol–water partition coefficient (Wildman–Crippen LogP) is 1.15. The molecular weight excluding hydrogens is 413 g/mol. The summed E-state index contributed by atoms with van der Waals surface area (Å²) in [5, 5.41) is 6.33. The molecule has 2 fully saturated rings.